The van der Waals surface area contributed by atoms with Crippen LogP contribution in [0.2, 0.25) is 5.28 Å². The Balaban J connectivity index is 1.81. The molecule has 13 nitrogen and oxygen atoms in total. The molecule has 2 aromatic heterocycles. The van der Waals surface area contributed by atoms with Gasteiger partial charge < -0.3 is 34.8 Å². The Morgan fingerprint density at radius 2 is 2.21 bits per heavy atom. The highest BCUT2D eigenvalue weighted by atomic mass is 35.5. The van der Waals surface area contributed by atoms with Gasteiger partial charge in [0.25, 0.3) is 5.85 Å². The minimum Gasteiger partial charge on any atom is -0.467 e. The van der Waals surface area contributed by atoms with Gasteiger partial charge in [-0.2, -0.15) is 9.97 Å². The number of hydrogen-bond donors (Lipinski definition) is 4. The fourth-order valence-corrected chi connectivity index (χ4v) is 3.58. The number of hydrogen-bond acceptors (Lipinski definition) is 10. The Morgan fingerprint density at radius 1 is 1.52 bits per heavy atom. The maximum Gasteiger partial charge on any atom is 0.365 e. The summed E-state index contributed by atoms with van der Waals surface area (Å²) >= 11 is 5.76. The van der Waals surface area contributed by atoms with Crippen molar-refractivity contribution in [1.29, 1.82) is 0 Å². The molecule has 0 radical (unpaired) electrons. The highest BCUT2D eigenvalue weighted by Gasteiger charge is 2.47. The first-order chi connectivity index (χ1) is 13.5. The Hall–Kier alpha value is -1.93. The lowest BCUT2D eigenvalue weighted by Crippen LogP contribution is -2.35. The van der Waals surface area contributed by atoms with E-state index in [0.717, 1.165) is 18.0 Å². The van der Waals surface area contributed by atoms with Crippen molar-refractivity contribution in [2.75, 3.05) is 19.5 Å². The van der Waals surface area contributed by atoms with Crippen LogP contribution in [-0.4, -0.2) is 78.3 Å². The van der Waals surface area contributed by atoms with Gasteiger partial charge in [0.1, 0.15) is 17.7 Å². The normalized spacial score (nSPS) is 26.0. The Bertz CT molecular complexity index is 972. The quantitative estimate of drug-likeness (QED) is 0.245. The van der Waals surface area contributed by atoms with Crippen LogP contribution in [0.15, 0.2) is 6.33 Å². The van der Waals surface area contributed by atoms with Gasteiger partial charge in [-0.3, -0.25) is 9.13 Å². The zero-order valence-corrected chi connectivity index (χ0v) is 16.3. The number of carbonyl (C=O) groups is 1. The average Bonchev–Trinajstić information content (AvgIpc) is 3.16. The SMILES string of the molecule is COC(=O)[C@H](OC[C@H]1O[C@@H](n2cnc3c(N)nc(Cl)nc32)[C@@H](F)[C@@H]1O)P(=O)(O)O. The molecule has 0 bridgehead atoms. The number of alkyl halides is 1. The topological polar surface area (TPSA) is 192 Å². The van der Waals surface area contributed by atoms with Gasteiger partial charge in [0.05, 0.1) is 20.0 Å². The van der Waals surface area contributed by atoms with Crippen molar-refractivity contribution in [3.63, 3.8) is 0 Å². The smallest absolute Gasteiger partial charge is 0.365 e. The lowest BCUT2D eigenvalue weighted by Gasteiger charge is -2.20. The lowest BCUT2D eigenvalue weighted by molar-refractivity contribution is -0.152. The number of anilines is 1. The third-order valence-corrected chi connectivity index (χ3v) is 5.26. The number of methoxy groups -OCH3 is 1. The number of carbonyl (C=O) groups excluding carboxylic acids is 1. The van der Waals surface area contributed by atoms with E-state index < -0.39 is 50.6 Å². The molecular formula is C13H16ClFN5O8P. The van der Waals surface area contributed by atoms with E-state index in [1.807, 2.05) is 0 Å². The molecule has 1 aliphatic rings. The van der Waals surface area contributed by atoms with E-state index in [4.69, 9.17) is 26.8 Å². The highest BCUT2D eigenvalue weighted by Crippen LogP contribution is 2.43. The molecule has 0 aromatic carbocycles. The number of halogens is 2. The van der Waals surface area contributed by atoms with Crippen LogP contribution in [0.25, 0.3) is 11.2 Å². The Kier molecular flexibility index (Phi) is 6.06. The molecule has 0 saturated carbocycles. The summed E-state index contributed by atoms with van der Waals surface area (Å²) in [4.78, 5) is 41.5. The van der Waals surface area contributed by atoms with Crippen LogP contribution >= 0.6 is 19.2 Å². The summed E-state index contributed by atoms with van der Waals surface area (Å²) < 4.78 is 41.8. The first kappa shape index (κ1) is 21.8. The lowest BCUT2D eigenvalue weighted by atomic mass is 10.1. The fourth-order valence-electron chi connectivity index (χ4n) is 2.75. The molecule has 0 amide bonds. The van der Waals surface area contributed by atoms with Crippen LogP contribution in [0.4, 0.5) is 10.2 Å². The molecule has 1 saturated heterocycles. The Morgan fingerprint density at radius 3 is 2.83 bits per heavy atom. The number of nitrogen functional groups attached to an aromatic ring is 1. The van der Waals surface area contributed by atoms with Gasteiger partial charge in [-0.05, 0) is 11.6 Å². The summed E-state index contributed by atoms with van der Waals surface area (Å²) in [5.41, 5.74) is 5.87. The molecule has 0 spiro atoms. The number of nitrogens with two attached hydrogens (primary N) is 1. The number of aromatic nitrogens is 4. The second-order valence-electron chi connectivity index (χ2n) is 6.00. The minimum absolute atomic E-state index is 0.0462. The molecule has 3 heterocycles. The molecule has 16 heteroatoms. The fraction of sp³-hybridized carbons (Fsp3) is 0.538. The van der Waals surface area contributed by atoms with E-state index in [9.17, 15) is 28.6 Å². The first-order valence-electron chi connectivity index (χ1n) is 7.92. The second kappa shape index (κ2) is 8.07. The Labute approximate surface area is 166 Å². The molecule has 160 valence electrons. The molecule has 2 aromatic rings. The van der Waals surface area contributed by atoms with Crippen molar-refractivity contribution < 1.29 is 42.9 Å². The minimum atomic E-state index is -5.04. The number of esters is 1. The van der Waals surface area contributed by atoms with E-state index >= 15 is 0 Å². The molecule has 1 fully saturated rings. The van der Waals surface area contributed by atoms with Crippen molar-refractivity contribution >= 4 is 42.1 Å². The summed E-state index contributed by atoms with van der Waals surface area (Å²) in [6.07, 6.45) is -5.39. The molecule has 1 aliphatic heterocycles. The molecule has 29 heavy (non-hydrogen) atoms. The summed E-state index contributed by atoms with van der Waals surface area (Å²) in [6.45, 7) is -0.715. The summed E-state index contributed by atoms with van der Waals surface area (Å²) in [5.74, 6) is -3.63. The van der Waals surface area contributed by atoms with E-state index in [0.29, 0.717) is 0 Å². The number of nitrogens with zero attached hydrogens (tertiary/aromatic N) is 4. The maximum atomic E-state index is 14.7. The van der Waals surface area contributed by atoms with Crippen molar-refractivity contribution in [3.05, 3.63) is 11.6 Å². The van der Waals surface area contributed by atoms with Crippen molar-refractivity contribution in [1.82, 2.24) is 19.5 Å². The summed E-state index contributed by atoms with van der Waals surface area (Å²) in [7, 11) is -4.13. The predicted molar refractivity (Wildman–Crippen MR) is 93.4 cm³/mol. The van der Waals surface area contributed by atoms with Crippen LogP contribution in [0.5, 0.6) is 0 Å². The highest BCUT2D eigenvalue weighted by molar-refractivity contribution is 7.53. The third-order valence-electron chi connectivity index (χ3n) is 4.12. The van der Waals surface area contributed by atoms with Crippen LogP contribution < -0.4 is 5.73 Å². The maximum absolute atomic E-state index is 14.7. The second-order valence-corrected chi connectivity index (χ2v) is 7.99. The predicted octanol–water partition coefficient (Wildman–Crippen LogP) is -0.648. The zero-order valence-electron chi connectivity index (χ0n) is 14.6. The number of rotatable bonds is 6. The van der Waals surface area contributed by atoms with Gasteiger partial charge in [-0.25, -0.2) is 14.2 Å². The molecular weight excluding hydrogens is 440 g/mol. The van der Waals surface area contributed by atoms with E-state index in [2.05, 4.69) is 19.7 Å². The molecule has 3 rings (SSSR count). The zero-order chi connectivity index (χ0) is 21.5. The van der Waals surface area contributed by atoms with Crippen molar-refractivity contribution in [2.45, 2.75) is 30.5 Å². The number of ether oxygens (including phenoxy) is 3. The monoisotopic (exact) mass is 455 g/mol. The van der Waals surface area contributed by atoms with Crippen LogP contribution in [0.3, 0.4) is 0 Å². The van der Waals surface area contributed by atoms with Gasteiger partial charge in [-0.15, -0.1) is 0 Å². The molecule has 0 unspecified atom stereocenters. The van der Waals surface area contributed by atoms with Crippen LogP contribution in [0.1, 0.15) is 6.23 Å². The van der Waals surface area contributed by atoms with E-state index in [-0.39, 0.29) is 22.3 Å². The molecule has 5 N–H and O–H groups in total. The molecule has 0 aliphatic carbocycles. The van der Waals surface area contributed by atoms with Crippen LogP contribution in [-0.2, 0) is 23.6 Å². The van der Waals surface area contributed by atoms with E-state index in [1.165, 1.54) is 0 Å². The van der Waals surface area contributed by atoms with Crippen molar-refractivity contribution in [3.8, 4) is 0 Å². The van der Waals surface area contributed by atoms with Gasteiger partial charge in [0.15, 0.2) is 23.9 Å². The van der Waals surface area contributed by atoms with Gasteiger partial charge in [-0.1, -0.05) is 0 Å². The number of imidazole rings is 1. The number of aliphatic hydroxyl groups is 1. The van der Waals surface area contributed by atoms with Gasteiger partial charge in [0.2, 0.25) is 5.28 Å². The third kappa shape index (κ3) is 4.19. The van der Waals surface area contributed by atoms with Gasteiger partial charge >= 0.3 is 13.6 Å². The molecule has 5 atom stereocenters. The summed E-state index contributed by atoms with van der Waals surface area (Å²) in [5, 5.41) is 9.90. The number of aliphatic hydroxyl groups excluding tert-OH is 1. The average molecular weight is 456 g/mol. The van der Waals surface area contributed by atoms with Crippen LogP contribution in [0, 0.1) is 0 Å². The van der Waals surface area contributed by atoms with Gasteiger partial charge in [0, 0.05) is 0 Å². The van der Waals surface area contributed by atoms with E-state index in [1.54, 1.807) is 0 Å². The standard InChI is InChI=1S/C13H16ClFN5O8P/c1-26-11(22)12(29(23,24)25)27-2-4-7(21)5(15)10(28-4)20-3-17-6-8(16)18-13(14)19-9(6)20/h3-5,7,10,12,21H,2H2,1H3,(H2,16,18,19)(H2,23,24,25)/t4-,5+,7-,10-,12-/m1/s1. The number of fused-ring (bicyclic) bond motifs is 1. The van der Waals surface area contributed by atoms with Crippen molar-refractivity contribution in [2.24, 2.45) is 0 Å². The summed E-state index contributed by atoms with van der Waals surface area (Å²) in [6, 6.07) is 0. The largest absolute Gasteiger partial charge is 0.467 e. The first-order valence-corrected chi connectivity index (χ1v) is 9.98.